The number of ether oxygens (including phenoxy) is 2. The fourth-order valence-corrected chi connectivity index (χ4v) is 3.68. The summed E-state index contributed by atoms with van der Waals surface area (Å²) in [5.74, 6) is 0.111. The van der Waals surface area contributed by atoms with Gasteiger partial charge < -0.3 is 14.4 Å². The molecule has 0 saturated heterocycles. The molecule has 1 fully saturated rings. The van der Waals surface area contributed by atoms with E-state index >= 15 is 0 Å². The van der Waals surface area contributed by atoms with E-state index in [0.29, 0.717) is 34.9 Å². The number of nitrogens with zero attached hydrogens (tertiary/aromatic N) is 3. The van der Waals surface area contributed by atoms with Crippen LogP contribution in [0, 0.1) is 11.3 Å². The summed E-state index contributed by atoms with van der Waals surface area (Å²) in [5.41, 5.74) is 2.65. The van der Waals surface area contributed by atoms with Crippen molar-refractivity contribution >= 4 is 28.5 Å². The molecule has 7 heteroatoms. The molecule has 168 valence electrons. The predicted molar refractivity (Wildman–Crippen MR) is 124 cm³/mol. The Bertz CT molecular complexity index is 1200. The van der Waals surface area contributed by atoms with Crippen molar-refractivity contribution in [3.05, 3.63) is 65.9 Å². The topological polar surface area (TPSA) is 92.5 Å². The van der Waals surface area contributed by atoms with Crippen molar-refractivity contribution in [1.82, 2.24) is 4.98 Å². The Morgan fingerprint density at radius 3 is 2.61 bits per heavy atom. The molecule has 0 aliphatic heterocycles. The van der Waals surface area contributed by atoms with Gasteiger partial charge in [-0.1, -0.05) is 18.2 Å². The van der Waals surface area contributed by atoms with Crippen molar-refractivity contribution in [3.63, 3.8) is 0 Å². The summed E-state index contributed by atoms with van der Waals surface area (Å²) in [6.07, 6.45) is 2.29. The first kappa shape index (κ1) is 22.3. The summed E-state index contributed by atoms with van der Waals surface area (Å²) in [6, 6.07) is 18.3. The Balaban J connectivity index is 1.50. The van der Waals surface area contributed by atoms with Crippen molar-refractivity contribution in [3.8, 4) is 11.8 Å². The highest BCUT2D eigenvalue weighted by Crippen LogP contribution is 2.40. The lowest BCUT2D eigenvalue weighted by Crippen LogP contribution is -2.35. The number of fused-ring (bicyclic) bond motifs is 1. The van der Waals surface area contributed by atoms with Crippen LogP contribution in [0.2, 0.25) is 0 Å². The minimum atomic E-state index is -0.559. The van der Waals surface area contributed by atoms with Gasteiger partial charge in [0.2, 0.25) is 0 Å². The molecule has 4 rings (SSSR count). The highest BCUT2D eigenvalue weighted by molar-refractivity contribution is 6.04. The number of amides is 1. The Hall–Kier alpha value is -3.92. The number of esters is 1. The molecule has 0 radical (unpaired) electrons. The number of carbonyl (C=O) groups excluding carboxylic acids is 2. The van der Waals surface area contributed by atoms with Crippen LogP contribution in [0.5, 0.6) is 5.75 Å². The fraction of sp³-hybridized carbons (Fsp3) is 0.308. The van der Waals surface area contributed by atoms with Gasteiger partial charge in [-0.05, 0) is 56.2 Å². The number of hydrogen-bond donors (Lipinski definition) is 0. The first-order valence-electron chi connectivity index (χ1n) is 11.1. The van der Waals surface area contributed by atoms with E-state index in [0.717, 1.165) is 24.1 Å². The second-order valence-electron chi connectivity index (χ2n) is 7.84. The van der Waals surface area contributed by atoms with E-state index in [2.05, 4.69) is 11.1 Å². The van der Waals surface area contributed by atoms with Crippen molar-refractivity contribution in [2.75, 3.05) is 24.7 Å². The zero-order valence-corrected chi connectivity index (χ0v) is 18.5. The maximum atomic E-state index is 13.0. The van der Waals surface area contributed by atoms with Crippen LogP contribution in [-0.2, 0) is 9.53 Å². The van der Waals surface area contributed by atoms with Crippen LogP contribution in [0.15, 0.2) is 54.6 Å². The van der Waals surface area contributed by atoms with E-state index in [-0.39, 0.29) is 13.0 Å². The average molecular weight is 444 g/mol. The molecular weight excluding hydrogens is 418 g/mol. The van der Waals surface area contributed by atoms with Gasteiger partial charge in [0.05, 0.1) is 30.2 Å². The van der Waals surface area contributed by atoms with Gasteiger partial charge in [0, 0.05) is 29.2 Å². The van der Waals surface area contributed by atoms with Crippen LogP contribution >= 0.6 is 0 Å². The molecule has 0 spiro atoms. The molecule has 1 heterocycles. The first-order valence-corrected chi connectivity index (χ1v) is 11.1. The molecule has 7 nitrogen and oxygen atoms in total. The van der Waals surface area contributed by atoms with E-state index in [1.54, 1.807) is 30.3 Å². The molecule has 1 aromatic heterocycles. The van der Waals surface area contributed by atoms with Crippen molar-refractivity contribution in [1.29, 1.82) is 5.26 Å². The molecular formula is C26H25N3O4. The van der Waals surface area contributed by atoms with E-state index < -0.39 is 18.5 Å². The summed E-state index contributed by atoms with van der Waals surface area (Å²) in [4.78, 5) is 32.0. The van der Waals surface area contributed by atoms with Gasteiger partial charge in [-0.25, -0.2) is 4.79 Å². The summed E-state index contributed by atoms with van der Waals surface area (Å²) in [6.45, 7) is 2.21. The smallest absolute Gasteiger partial charge is 0.339 e. The van der Waals surface area contributed by atoms with Gasteiger partial charge >= 0.3 is 5.97 Å². The molecule has 0 atom stereocenters. The molecule has 3 aromatic rings. The third-order valence-electron chi connectivity index (χ3n) is 5.49. The number of carbonyl (C=O) groups is 2. The minimum Gasteiger partial charge on any atom is -0.494 e. The van der Waals surface area contributed by atoms with Crippen molar-refractivity contribution in [2.45, 2.75) is 32.1 Å². The Morgan fingerprint density at radius 1 is 1.15 bits per heavy atom. The number of aromatic nitrogens is 1. The van der Waals surface area contributed by atoms with Gasteiger partial charge in [0.25, 0.3) is 5.91 Å². The van der Waals surface area contributed by atoms with E-state index in [1.165, 1.54) is 4.90 Å². The van der Waals surface area contributed by atoms with Crippen LogP contribution in [-0.4, -0.2) is 36.6 Å². The van der Waals surface area contributed by atoms with Crippen LogP contribution in [0.3, 0.4) is 0 Å². The molecule has 1 amide bonds. The maximum Gasteiger partial charge on any atom is 0.339 e. The third kappa shape index (κ3) is 5.29. The molecule has 1 saturated carbocycles. The molecule has 1 aliphatic rings. The van der Waals surface area contributed by atoms with Crippen LogP contribution in [0.25, 0.3) is 10.9 Å². The number of hydrogen-bond acceptors (Lipinski definition) is 6. The van der Waals surface area contributed by atoms with Crippen molar-refractivity contribution in [2.24, 2.45) is 0 Å². The standard InChI is InChI=1S/C26H25N3O4/c1-2-32-20-12-10-19(11-13-20)29(15-5-14-27)25(30)17-33-26(31)22-16-24(18-8-9-18)28-23-7-4-3-6-21(22)23/h3-4,6-7,10-13,16,18H,2,5,8-9,15,17H2,1H3. The molecule has 0 bridgehead atoms. The van der Waals surface area contributed by atoms with Gasteiger partial charge in [-0.3, -0.25) is 9.78 Å². The second-order valence-corrected chi connectivity index (χ2v) is 7.84. The van der Waals surface area contributed by atoms with E-state index in [1.807, 2.05) is 31.2 Å². The number of pyridine rings is 1. The Kier molecular flexibility index (Phi) is 6.84. The van der Waals surface area contributed by atoms with Crippen LogP contribution in [0.1, 0.15) is 48.2 Å². The zero-order chi connectivity index (χ0) is 23.2. The third-order valence-corrected chi connectivity index (χ3v) is 5.49. The monoisotopic (exact) mass is 443 g/mol. The molecule has 0 N–H and O–H groups in total. The van der Waals surface area contributed by atoms with Crippen molar-refractivity contribution < 1.29 is 19.1 Å². The Morgan fingerprint density at radius 2 is 1.91 bits per heavy atom. The summed E-state index contributed by atoms with van der Waals surface area (Å²) in [5, 5.41) is 9.70. The largest absolute Gasteiger partial charge is 0.494 e. The van der Waals surface area contributed by atoms with E-state index in [4.69, 9.17) is 14.7 Å². The molecule has 33 heavy (non-hydrogen) atoms. The lowest BCUT2D eigenvalue weighted by atomic mass is 10.1. The molecule has 2 aromatic carbocycles. The fourth-order valence-electron chi connectivity index (χ4n) is 3.68. The number of benzene rings is 2. The minimum absolute atomic E-state index is 0.159. The first-order chi connectivity index (χ1) is 16.1. The number of rotatable bonds is 9. The molecule has 1 aliphatic carbocycles. The SMILES string of the molecule is CCOc1ccc(N(CCC#N)C(=O)COC(=O)c2cc(C3CC3)nc3ccccc23)cc1. The van der Waals surface area contributed by atoms with Crippen LogP contribution in [0.4, 0.5) is 5.69 Å². The summed E-state index contributed by atoms with van der Waals surface area (Å²) < 4.78 is 10.9. The quantitative estimate of drug-likeness (QED) is 0.448. The average Bonchev–Trinajstić information content (AvgIpc) is 3.69. The Labute approximate surface area is 192 Å². The lowest BCUT2D eigenvalue weighted by molar-refractivity contribution is -0.121. The van der Waals surface area contributed by atoms with E-state index in [9.17, 15) is 9.59 Å². The van der Waals surface area contributed by atoms with Gasteiger partial charge in [0.1, 0.15) is 5.75 Å². The predicted octanol–water partition coefficient (Wildman–Crippen LogP) is 4.61. The molecule has 0 unspecified atom stereocenters. The zero-order valence-electron chi connectivity index (χ0n) is 18.5. The highest BCUT2D eigenvalue weighted by atomic mass is 16.5. The number of nitriles is 1. The van der Waals surface area contributed by atoms with Crippen LogP contribution < -0.4 is 9.64 Å². The second kappa shape index (κ2) is 10.1. The number of anilines is 1. The van der Waals surface area contributed by atoms with Gasteiger partial charge in [-0.15, -0.1) is 0 Å². The van der Waals surface area contributed by atoms with Gasteiger partial charge in [0.15, 0.2) is 6.61 Å². The highest BCUT2D eigenvalue weighted by Gasteiger charge is 2.27. The number of para-hydroxylation sites is 1. The summed E-state index contributed by atoms with van der Waals surface area (Å²) >= 11 is 0. The maximum absolute atomic E-state index is 13.0. The van der Waals surface area contributed by atoms with Gasteiger partial charge in [-0.2, -0.15) is 5.26 Å². The summed E-state index contributed by atoms with van der Waals surface area (Å²) in [7, 11) is 0. The normalized spacial score (nSPS) is 12.7. The lowest BCUT2D eigenvalue weighted by Gasteiger charge is -2.22.